The highest BCUT2D eigenvalue weighted by atomic mass is 16.8. The topological polar surface area (TPSA) is 594 Å². The second-order valence-corrected chi connectivity index (χ2v) is 20.3. The van der Waals surface area contributed by atoms with Crippen LogP contribution in [-0.4, -0.2) is 379 Å². The molecule has 37 nitrogen and oxygen atoms in total. The number of carbonyl (C=O) groups is 1. The molecule has 7 rings (SSSR count). The molecule has 0 aliphatic carbocycles. The molecule has 35 atom stereocenters. The van der Waals surface area contributed by atoms with Crippen molar-refractivity contribution < 1.29 is 179 Å². The van der Waals surface area contributed by atoms with Crippen molar-refractivity contribution in [3.05, 3.63) is 0 Å². The van der Waals surface area contributed by atoms with Crippen LogP contribution in [-0.2, 0) is 66.4 Å². The normalized spacial score (nSPS) is 51.9. The monoisotopic (exact) mass is 1190 g/mol. The SMILES string of the molecule is CC(=O)N[C@H]1[C@H](O[C@@H]2[C@H](O)[C@@H](O)[C@H](O[C@H]3[C@H](O)[C@@H](O)[C@H](O)O[C@@H]3CO)O[C@@H]2CO)O[C@H](CO)[C@H](O)[C@@H]1O[C@@H]1O[C@H](CO)[C@H](O)[C@H](O[C@H]2O[C@H](CO)[C@H](O)[C@H](O[C@@H]3O[C@H](CO)[C@H](O)[C@H](O[C@H]4O[C@H](CO)[C@H](O)[C@H](O)[C@H]4O)[C@H]3O)[C@H]2O)[C@H]1O. The lowest BCUT2D eigenvalue weighted by Gasteiger charge is -2.51. The van der Waals surface area contributed by atoms with Crippen molar-refractivity contribution in [1.29, 1.82) is 0 Å². The third-order valence-electron chi connectivity index (χ3n) is 14.9. The van der Waals surface area contributed by atoms with E-state index in [0.717, 1.165) is 6.92 Å². The first-order chi connectivity index (χ1) is 38.4. The van der Waals surface area contributed by atoms with Gasteiger partial charge in [-0.15, -0.1) is 0 Å². The second kappa shape index (κ2) is 28.7. The third kappa shape index (κ3) is 13.9. The number of nitrogens with one attached hydrogen (secondary N) is 1. The fourth-order valence-electron chi connectivity index (χ4n) is 10.4. The Morgan fingerprint density at radius 2 is 0.568 bits per heavy atom. The summed E-state index contributed by atoms with van der Waals surface area (Å²) in [5, 5.41) is 238. The molecule has 0 aromatic carbocycles. The van der Waals surface area contributed by atoms with Crippen molar-refractivity contribution in [2.45, 2.75) is 222 Å². The van der Waals surface area contributed by atoms with Crippen molar-refractivity contribution in [2.24, 2.45) is 0 Å². The molecule has 37 heteroatoms. The fourth-order valence-corrected chi connectivity index (χ4v) is 10.4. The van der Waals surface area contributed by atoms with E-state index in [2.05, 4.69) is 5.32 Å². The van der Waals surface area contributed by atoms with E-state index in [4.69, 9.17) is 61.6 Å². The number of ether oxygens (including phenoxy) is 13. The molecule has 0 saturated carbocycles. The third-order valence-corrected chi connectivity index (χ3v) is 14.9. The highest BCUT2D eigenvalue weighted by Gasteiger charge is 2.59. The van der Waals surface area contributed by atoms with Gasteiger partial charge in [-0.25, -0.2) is 0 Å². The maximum atomic E-state index is 12.8. The molecule has 7 aliphatic rings. The number of carbonyl (C=O) groups excluding carboxylic acids is 1. The van der Waals surface area contributed by atoms with Crippen molar-refractivity contribution in [2.75, 3.05) is 46.2 Å². The lowest BCUT2D eigenvalue weighted by atomic mass is 9.94. The molecular formula is C44H75NO36. The highest BCUT2D eigenvalue weighted by molar-refractivity contribution is 5.73. The van der Waals surface area contributed by atoms with E-state index in [0.29, 0.717) is 0 Å². The summed E-state index contributed by atoms with van der Waals surface area (Å²) < 4.78 is 73.3. The number of rotatable bonds is 20. The summed E-state index contributed by atoms with van der Waals surface area (Å²) in [5.41, 5.74) is 0. The van der Waals surface area contributed by atoms with Crippen LogP contribution in [0.5, 0.6) is 0 Å². The van der Waals surface area contributed by atoms with Gasteiger partial charge in [0.15, 0.2) is 44.0 Å². The molecule has 0 radical (unpaired) electrons. The summed E-state index contributed by atoms with van der Waals surface area (Å²) in [6.07, 6.45) is -67.2. The quantitative estimate of drug-likeness (QED) is 0.0538. The lowest BCUT2D eigenvalue weighted by molar-refractivity contribution is -0.395. The molecule has 7 saturated heterocycles. The van der Waals surface area contributed by atoms with E-state index in [-0.39, 0.29) is 0 Å². The Labute approximate surface area is 457 Å². The van der Waals surface area contributed by atoms with Gasteiger partial charge in [0.2, 0.25) is 5.91 Å². The minimum absolute atomic E-state index is 0.894. The molecule has 23 N–H and O–H groups in total. The number of aliphatic hydroxyl groups is 22. The number of aliphatic hydroxyl groups excluding tert-OH is 22. The Kier molecular flexibility index (Phi) is 23.6. The molecule has 0 spiro atoms. The van der Waals surface area contributed by atoms with Gasteiger partial charge in [0, 0.05) is 6.92 Å². The van der Waals surface area contributed by atoms with E-state index in [1.807, 2.05) is 0 Å². The number of hydrogen-bond donors (Lipinski definition) is 23. The molecule has 81 heavy (non-hydrogen) atoms. The molecule has 472 valence electrons. The summed E-state index contributed by atoms with van der Waals surface area (Å²) in [5.74, 6) is -0.894. The van der Waals surface area contributed by atoms with Gasteiger partial charge in [-0.1, -0.05) is 0 Å². The predicted molar refractivity (Wildman–Crippen MR) is 243 cm³/mol. The first-order valence-corrected chi connectivity index (χ1v) is 25.6. The smallest absolute Gasteiger partial charge is 0.217 e. The van der Waals surface area contributed by atoms with Gasteiger partial charge in [0.25, 0.3) is 0 Å². The van der Waals surface area contributed by atoms with Crippen molar-refractivity contribution in [1.82, 2.24) is 5.32 Å². The highest BCUT2D eigenvalue weighted by Crippen LogP contribution is 2.38. The second-order valence-electron chi connectivity index (χ2n) is 20.3. The standard InChI is InChI=1S/C44H75NO36/c1-9(53)45-17-34(19(55)11(3-47)70-39(17)76-33-16(8-52)75-41(28(64)25(33)61)77-32-15(7-51)69-38(68)26(62)24(32)60)78-42-29(65)36(21(57)12(4-48)72-42)80-44-31(67)37(22(58)14(6-50)74-44)81-43-30(66)35(20(56)13(5-49)73-43)79-40-27(63)23(59)18(54)10(2-46)71-40/h10-44,46-52,54-68H,2-8H2,1H3,(H,45,53)/t10-,11-,12-,13-,14-,15-,16-,17-,18+,19+,20+,21+,22+,23+,24-,25-,26-,27-,28-,29-,30-,31-,32-,33+,34-,35+,36+,37+,38-,39+,40-,41+,42+,43+,44-/m1/s1. The summed E-state index contributed by atoms with van der Waals surface area (Å²) in [4.78, 5) is 12.8. The minimum Gasteiger partial charge on any atom is -0.394 e. The van der Waals surface area contributed by atoms with Gasteiger partial charge >= 0.3 is 0 Å². The lowest BCUT2D eigenvalue weighted by Crippen LogP contribution is -2.70. The van der Waals surface area contributed by atoms with Crippen molar-refractivity contribution >= 4 is 5.91 Å². The van der Waals surface area contributed by atoms with Gasteiger partial charge in [0.05, 0.1) is 46.2 Å². The van der Waals surface area contributed by atoms with Crippen LogP contribution in [0.25, 0.3) is 0 Å². The van der Waals surface area contributed by atoms with Crippen LogP contribution in [0.1, 0.15) is 6.92 Å². The Hall–Kier alpha value is -1.93. The summed E-state index contributed by atoms with van der Waals surface area (Å²) in [6.45, 7) is -6.10. The average molecular weight is 1190 g/mol. The van der Waals surface area contributed by atoms with Crippen LogP contribution in [0, 0.1) is 0 Å². The summed E-state index contributed by atoms with van der Waals surface area (Å²) in [6, 6.07) is -1.82. The average Bonchev–Trinajstić information content (AvgIpc) is 3.44. The van der Waals surface area contributed by atoms with Crippen LogP contribution >= 0.6 is 0 Å². The zero-order valence-corrected chi connectivity index (χ0v) is 42.7. The molecule has 7 aliphatic heterocycles. The van der Waals surface area contributed by atoms with Crippen LogP contribution < -0.4 is 5.32 Å². The molecular weight excluding hydrogens is 1120 g/mol. The van der Waals surface area contributed by atoms with Crippen LogP contribution in [0.3, 0.4) is 0 Å². The fraction of sp³-hybridized carbons (Fsp3) is 0.977. The van der Waals surface area contributed by atoms with Gasteiger partial charge in [0.1, 0.15) is 171 Å². The zero-order valence-electron chi connectivity index (χ0n) is 42.7. The van der Waals surface area contributed by atoms with Crippen molar-refractivity contribution in [3.63, 3.8) is 0 Å². The maximum absolute atomic E-state index is 12.8. The Morgan fingerprint density at radius 3 is 0.951 bits per heavy atom. The minimum atomic E-state index is -2.32. The van der Waals surface area contributed by atoms with Crippen LogP contribution in [0.2, 0.25) is 0 Å². The van der Waals surface area contributed by atoms with Gasteiger partial charge in [-0.05, 0) is 0 Å². The first-order valence-electron chi connectivity index (χ1n) is 25.6. The summed E-state index contributed by atoms with van der Waals surface area (Å²) >= 11 is 0. The molecule has 1 amide bonds. The van der Waals surface area contributed by atoms with Gasteiger partial charge in [-0.3, -0.25) is 4.79 Å². The number of amides is 1. The van der Waals surface area contributed by atoms with Gasteiger partial charge < -0.3 is 179 Å². The Balaban J connectivity index is 1.08. The van der Waals surface area contributed by atoms with Crippen molar-refractivity contribution in [3.8, 4) is 0 Å². The first kappa shape index (κ1) is 66.6. The largest absolute Gasteiger partial charge is 0.394 e. The molecule has 7 fully saturated rings. The van der Waals surface area contributed by atoms with E-state index in [1.165, 1.54) is 0 Å². The predicted octanol–water partition coefficient (Wildman–Crippen LogP) is -16.1. The summed E-state index contributed by atoms with van der Waals surface area (Å²) in [7, 11) is 0. The van der Waals surface area contributed by atoms with E-state index < -0.39 is 267 Å². The Morgan fingerprint density at radius 1 is 0.296 bits per heavy atom. The molecule has 0 aromatic rings. The molecule has 0 aromatic heterocycles. The molecule has 0 unspecified atom stereocenters. The van der Waals surface area contributed by atoms with E-state index >= 15 is 0 Å². The van der Waals surface area contributed by atoms with E-state index in [9.17, 15) is 117 Å². The van der Waals surface area contributed by atoms with E-state index in [1.54, 1.807) is 0 Å². The van der Waals surface area contributed by atoms with Crippen LogP contribution in [0.4, 0.5) is 0 Å². The zero-order chi connectivity index (χ0) is 59.6. The Bertz CT molecular complexity index is 1940. The number of hydrogen-bond acceptors (Lipinski definition) is 36. The maximum Gasteiger partial charge on any atom is 0.217 e. The van der Waals surface area contributed by atoms with Crippen LogP contribution in [0.15, 0.2) is 0 Å². The van der Waals surface area contributed by atoms with Gasteiger partial charge in [-0.2, -0.15) is 0 Å². The molecule has 7 heterocycles. The molecule has 0 bridgehead atoms.